The highest BCUT2D eigenvalue weighted by molar-refractivity contribution is 5.67. The predicted molar refractivity (Wildman–Crippen MR) is 72.4 cm³/mol. The number of carbonyl (C=O) groups is 1. The topological polar surface area (TPSA) is 58.6 Å². The molecule has 1 atom stereocenters. The van der Waals surface area contributed by atoms with Crippen LogP contribution in [0.1, 0.15) is 24.5 Å². The number of hydrogen-bond donors (Lipinski definition) is 2. The molecule has 100 valence electrons. The van der Waals surface area contributed by atoms with Crippen LogP contribution in [-0.4, -0.2) is 24.7 Å². The van der Waals surface area contributed by atoms with Gasteiger partial charge in [0.05, 0.1) is 7.11 Å². The average molecular weight is 251 g/mol. The zero-order valence-electron chi connectivity index (χ0n) is 11.4. The number of benzene rings is 1. The first-order valence-electron chi connectivity index (χ1n) is 6.05. The predicted octanol–water partition coefficient (Wildman–Crippen LogP) is 2.83. The largest absolute Gasteiger partial charge is 0.496 e. The van der Waals surface area contributed by atoms with E-state index in [9.17, 15) is 4.79 Å². The zero-order chi connectivity index (χ0) is 13.7. The van der Waals surface area contributed by atoms with E-state index < -0.39 is 5.97 Å². The molecule has 18 heavy (non-hydrogen) atoms. The first kappa shape index (κ1) is 14.4. The van der Waals surface area contributed by atoms with E-state index in [1.807, 2.05) is 32.9 Å². The number of nitrogens with one attached hydrogen (secondary N) is 1. The number of aryl methyl sites for hydroxylation is 2. The Bertz CT molecular complexity index is 429. The number of carboxylic acids is 1. The molecule has 0 aliphatic carbocycles. The first-order chi connectivity index (χ1) is 8.43. The van der Waals surface area contributed by atoms with Crippen LogP contribution in [0.25, 0.3) is 0 Å². The van der Waals surface area contributed by atoms with Crippen LogP contribution in [0.15, 0.2) is 12.1 Å². The van der Waals surface area contributed by atoms with Crippen molar-refractivity contribution in [1.82, 2.24) is 0 Å². The van der Waals surface area contributed by atoms with E-state index in [0.29, 0.717) is 6.54 Å². The summed E-state index contributed by atoms with van der Waals surface area (Å²) in [5.41, 5.74) is 3.20. The third kappa shape index (κ3) is 3.95. The van der Waals surface area contributed by atoms with Gasteiger partial charge in [0.25, 0.3) is 0 Å². The van der Waals surface area contributed by atoms with E-state index in [0.717, 1.165) is 22.6 Å². The Labute approximate surface area is 108 Å². The smallest absolute Gasteiger partial charge is 0.303 e. The van der Waals surface area contributed by atoms with Gasteiger partial charge in [0.15, 0.2) is 0 Å². The lowest BCUT2D eigenvalue weighted by molar-refractivity contribution is -0.137. The number of rotatable bonds is 6. The van der Waals surface area contributed by atoms with E-state index in [2.05, 4.69) is 5.32 Å². The molecule has 4 heteroatoms. The lowest BCUT2D eigenvalue weighted by Gasteiger charge is -2.15. The third-order valence-corrected chi connectivity index (χ3v) is 2.91. The van der Waals surface area contributed by atoms with Crippen LogP contribution in [0.5, 0.6) is 5.75 Å². The normalized spacial score (nSPS) is 12.0. The Kier molecular flexibility index (Phi) is 5.01. The summed E-state index contributed by atoms with van der Waals surface area (Å²) in [6.45, 7) is 6.57. The quantitative estimate of drug-likeness (QED) is 0.816. The van der Waals surface area contributed by atoms with Gasteiger partial charge < -0.3 is 15.2 Å². The molecule has 1 aromatic carbocycles. The van der Waals surface area contributed by atoms with E-state index in [1.54, 1.807) is 7.11 Å². The maximum Gasteiger partial charge on any atom is 0.303 e. The van der Waals surface area contributed by atoms with Crippen LogP contribution >= 0.6 is 0 Å². The van der Waals surface area contributed by atoms with Gasteiger partial charge >= 0.3 is 5.97 Å². The molecule has 0 heterocycles. The van der Waals surface area contributed by atoms with Gasteiger partial charge in [-0.25, -0.2) is 0 Å². The maximum absolute atomic E-state index is 10.6. The summed E-state index contributed by atoms with van der Waals surface area (Å²) < 4.78 is 5.25. The molecule has 4 nitrogen and oxygen atoms in total. The first-order valence-corrected chi connectivity index (χ1v) is 6.05. The van der Waals surface area contributed by atoms with Gasteiger partial charge in [0.2, 0.25) is 0 Å². The molecule has 1 rings (SSSR count). The summed E-state index contributed by atoms with van der Waals surface area (Å²) in [6.07, 6.45) is 0.182. The molecule has 2 N–H and O–H groups in total. The van der Waals surface area contributed by atoms with Crippen LogP contribution in [0.3, 0.4) is 0 Å². The molecule has 0 aromatic heterocycles. The van der Waals surface area contributed by atoms with Crippen molar-refractivity contribution in [2.45, 2.75) is 27.2 Å². The van der Waals surface area contributed by atoms with Gasteiger partial charge in [0.1, 0.15) is 5.75 Å². The summed E-state index contributed by atoms with van der Waals surface area (Å²) >= 11 is 0. The molecule has 0 aliphatic rings. The minimum atomic E-state index is -0.757. The van der Waals surface area contributed by atoms with Crippen molar-refractivity contribution in [3.63, 3.8) is 0 Å². The van der Waals surface area contributed by atoms with Gasteiger partial charge in [-0.2, -0.15) is 0 Å². The summed E-state index contributed by atoms with van der Waals surface area (Å²) in [7, 11) is 1.66. The second-order valence-corrected chi connectivity index (χ2v) is 4.72. The molecule has 1 unspecified atom stereocenters. The number of hydrogen-bond acceptors (Lipinski definition) is 3. The molecular weight excluding hydrogens is 230 g/mol. The van der Waals surface area contributed by atoms with Crippen LogP contribution in [0.2, 0.25) is 0 Å². The van der Waals surface area contributed by atoms with E-state index in [4.69, 9.17) is 9.84 Å². The minimum absolute atomic E-state index is 0.101. The minimum Gasteiger partial charge on any atom is -0.496 e. The maximum atomic E-state index is 10.6. The fourth-order valence-corrected chi connectivity index (χ4v) is 1.85. The second kappa shape index (κ2) is 6.28. The molecular formula is C14H21NO3. The van der Waals surface area contributed by atoms with E-state index in [-0.39, 0.29) is 12.3 Å². The summed E-state index contributed by atoms with van der Waals surface area (Å²) in [5.74, 6) is 0.216. The van der Waals surface area contributed by atoms with Crippen LogP contribution in [0, 0.1) is 19.8 Å². The summed E-state index contributed by atoms with van der Waals surface area (Å²) in [4.78, 5) is 10.6. The zero-order valence-corrected chi connectivity index (χ0v) is 11.4. The van der Waals surface area contributed by atoms with Gasteiger partial charge in [-0.05, 0) is 43.0 Å². The van der Waals surface area contributed by atoms with Gasteiger partial charge in [-0.1, -0.05) is 6.92 Å². The lowest BCUT2D eigenvalue weighted by atomic mass is 10.1. The third-order valence-electron chi connectivity index (χ3n) is 2.91. The molecule has 0 spiro atoms. The Balaban J connectivity index is 2.68. The molecule has 0 aliphatic heterocycles. The number of aliphatic carboxylic acids is 1. The van der Waals surface area contributed by atoms with Crippen molar-refractivity contribution in [2.24, 2.45) is 5.92 Å². The monoisotopic (exact) mass is 251 g/mol. The molecule has 0 radical (unpaired) electrons. The molecule has 0 saturated heterocycles. The summed E-state index contributed by atoms with van der Waals surface area (Å²) in [6, 6.07) is 4.02. The average Bonchev–Trinajstić information content (AvgIpc) is 2.28. The van der Waals surface area contributed by atoms with Gasteiger partial charge in [-0.3, -0.25) is 4.79 Å². The molecule has 0 saturated carbocycles. The number of anilines is 1. The molecule has 0 amide bonds. The van der Waals surface area contributed by atoms with Gasteiger partial charge in [-0.15, -0.1) is 0 Å². The molecule has 1 aromatic rings. The highest BCUT2D eigenvalue weighted by Gasteiger charge is 2.09. The van der Waals surface area contributed by atoms with Crippen molar-refractivity contribution in [2.75, 3.05) is 19.0 Å². The number of carboxylic acid groups (broad SMARTS) is 1. The van der Waals surface area contributed by atoms with Crippen molar-refractivity contribution >= 4 is 11.7 Å². The Hall–Kier alpha value is -1.71. The molecule has 0 fully saturated rings. The lowest BCUT2D eigenvalue weighted by Crippen LogP contribution is -2.15. The van der Waals surface area contributed by atoms with E-state index in [1.165, 1.54) is 0 Å². The fraction of sp³-hybridized carbons (Fsp3) is 0.500. The van der Waals surface area contributed by atoms with Crippen molar-refractivity contribution in [1.29, 1.82) is 0 Å². The standard InChI is InChI=1S/C14H21NO3/c1-9(5-14(16)17)8-15-12-6-11(3)13(18-4)7-10(12)2/h6-7,9,15H,5,8H2,1-4H3,(H,16,17). The fourth-order valence-electron chi connectivity index (χ4n) is 1.85. The van der Waals surface area contributed by atoms with E-state index >= 15 is 0 Å². The Morgan fingerprint density at radius 1 is 1.39 bits per heavy atom. The van der Waals surface area contributed by atoms with Crippen molar-refractivity contribution in [3.8, 4) is 5.75 Å². The highest BCUT2D eigenvalue weighted by atomic mass is 16.5. The van der Waals surface area contributed by atoms with Gasteiger partial charge in [0, 0.05) is 18.7 Å². The second-order valence-electron chi connectivity index (χ2n) is 4.72. The number of ether oxygens (including phenoxy) is 1. The van der Waals surface area contributed by atoms with Crippen LogP contribution in [-0.2, 0) is 4.79 Å². The Morgan fingerprint density at radius 3 is 2.61 bits per heavy atom. The summed E-state index contributed by atoms with van der Waals surface area (Å²) in [5, 5.41) is 12.0. The van der Waals surface area contributed by atoms with Crippen LogP contribution in [0.4, 0.5) is 5.69 Å². The number of methoxy groups -OCH3 is 1. The Morgan fingerprint density at radius 2 is 2.06 bits per heavy atom. The highest BCUT2D eigenvalue weighted by Crippen LogP contribution is 2.26. The van der Waals surface area contributed by atoms with Crippen LogP contribution < -0.4 is 10.1 Å². The van der Waals surface area contributed by atoms with Crippen molar-refractivity contribution in [3.05, 3.63) is 23.3 Å². The van der Waals surface area contributed by atoms with Crippen molar-refractivity contribution < 1.29 is 14.6 Å². The SMILES string of the molecule is COc1cc(C)c(NCC(C)CC(=O)O)cc1C. The molecule has 0 bridgehead atoms.